The van der Waals surface area contributed by atoms with Crippen molar-refractivity contribution in [3.63, 3.8) is 0 Å². The van der Waals surface area contributed by atoms with E-state index in [0.717, 1.165) is 19.4 Å². The molecule has 90 valence electrons. The fourth-order valence-electron chi connectivity index (χ4n) is 2.64. The van der Waals surface area contributed by atoms with Gasteiger partial charge in [-0.05, 0) is 35.1 Å². The molecule has 0 aromatic heterocycles. The standard InChI is InChI=1S/C14H17NO2/c1-2-9-5-10-3-4-17-8-12(10)11(6-9)13-7-14(16)15-13/h5-6,13H,2-4,7-8H2,1H3,(H,15,16). The Kier molecular flexibility index (Phi) is 2.63. The lowest BCUT2D eigenvalue weighted by Gasteiger charge is -2.32. The highest BCUT2D eigenvalue weighted by Gasteiger charge is 2.30. The van der Waals surface area contributed by atoms with E-state index in [4.69, 9.17) is 4.74 Å². The van der Waals surface area contributed by atoms with Crippen molar-refractivity contribution in [1.29, 1.82) is 0 Å². The Morgan fingerprint density at radius 1 is 1.47 bits per heavy atom. The summed E-state index contributed by atoms with van der Waals surface area (Å²) in [7, 11) is 0. The fourth-order valence-corrected chi connectivity index (χ4v) is 2.64. The molecule has 1 atom stereocenters. The van der Waals surface area contributed by atoms with Gasteiger partial charge < -0.3 is 10.1 Å². The molecule has 0 radical (unpaired) electrons. The second-order valence-electron chi connectivity index (χ2n) is 4.80. The smallest absolute Gasteiger partial charge is 0.222 e. The van der Waals surface area contributed by atoms with Gasteiger partial charge in [-0.25, -0.2) is 0 Å². The normalized spacial score (nSPS) is 22.6. The van der Waals surface area contributed by atoms with Gasteiger partial charge in [0.25, 0.3) is 0 Å². The lowest BCUT2D eigenvalue weighted by Crippen LogP contribution is -2.42. The van der Waals surface area contributed by atoms with Crippen LogP contribution < -0.4 is 5.32 Å². The number of β-lactam (4-membered cyclic amide) rings is 1. The summed E-state index contributed by atoms with van der Waals surface area (Å²) in [6.45, 7) is 3.68. The van der Waals surface area contributed by atoms with Gasteiger partial charge in [0, 0.05) is 0 Å². The van der Waals surface area contributed by atoms with Crippen LogP contribution in [0.3, 0.4) is 0 Å². The van der Waals surface area contributed by atoms with Crippen molar-refractivity contribution >= 4 is 5.91 Å². The highest BCUT2D eigenvalue weighted by Crippen LogP contribution is 2.32. The third-order valence-electron chi connectivity index (χ3n) is 3.71. The fraction of sp³-hybridized carbons (Fsp3) is 0.500. The van der Waals surface area contributed by atoms with E-state index >= 15 is 0 Å². The summed E-state index contributed by atoms with van der Waals surface area (Å²) in [6.07, 6.45) is 2.66. The number of nitrogens with one attached hydrogen (secondary N) is 1. The van der Waals surface area contributed by atoms with Crippen molar-refractivity contribution in [2.45, 2.75) is 38.8 Å². The molecule has 0 bridgehead atoms. The number of carbonyl (C=O) groups excluding carboxylic acids is 1. The zero-order chi connectivity index (χ0) is 11.8. The number of amides is 1. The van der Waals surface area contributed by atoms with Gasteiger partial charge in [-0.15, -0.1) is 0 Å². The molecule has 2 aliphatic rings. The van der Waals surface area contributed by atoms with Crippen LogP contribution in [0.2, 0.25) is 0 Å². The molecule has 0 spiro atoms. The van der Waals surface area contributed by atoms with E-state index in [9.17, 15) is 4.79 Å². The minimum atomic E-state index is 0.155. The molecule has 1 fully saturated rings. The molecule has 1 saturated heterocycles. The van der Waals surface area contributed by atoms with E-state index in [2.05, 4.69) is 24.4 Å². The molecule has 3 nitrogen and oxygen atoms in total. The highest BCUT2D eigenvalue weighted by molar-refractivity contribution is 5.83. The molecule has 1 amide bonds. The van der Waals surface area contributed by atoms with Crippen LogP contribution in [0.1, 0.15) is 41.6 Å². The number of ether oxygens (including phenoxy) is 1. The second kappa shape index (κ2) is 4.15. The van der Waals surface area contributed by atoms with Crippen LogP contribution in [0.5, 0.6) is 0 Å². The van der Waals surface area contributed by atoms with E-state index in [1.807, 2.05) is 0 Å². The highest BCUT2D eigenvalue weighted by atomic mass is 16.5. The van der Waals surface area contributed by atoms with Crippen molar-refractivity contribution < 1.29 is 9.53 Å². The van der Waals surface area contributed by atoms with Crippen LogP contribution >= 0.6 is 0 Å². The van der Waals surface area contributed by atoms with Gasteiger partial charge in [0.2, 0.25) is 5.91 Å². The monoisotopic (exact) mass is 231 g/mol. The Morgan fingerprint density at radius 2 is 2.29 bits per heavy atom. The molecular formula is C14H17NO2. The summed E-state index contributed by atoms with van der Waals surface area (Å²) in [6, 6.07) is 4.74. The first kappa shape index (κ1) is 10.8. The van der Waals surface area contributed by atoms with E-state index < -0.39 is 0 Å². The minimum absolute atomic E-state index is 0.155. The molecular weight excluding hydrogens is 214 g/mol. The number of benzene rings is 1. The van der Waals surface area contributed by atoms with Crippen LogP contribution in [0, 0.1) is 0 Å². The first-order valence-corrected chi connectivity index (χ1v) is 6.29. The third-order valence-corrected chi connectivity index (χ3v) is 3.71. The molecule has 1 unspecified atom stereocenters. The first-order chi connectivity index (χ1) is 8.28. The Labute approximate surface area is 101 Å². The van der Waals surface area contributed by atoms with E-state index in [-0.39, 0.29) is 11.9 Å². The van der Waals surface area contributed by atoms with Gasteiger partial charge >= 0.3 is 0 Å². The zero-order valence-electron chi connectivity index (χ0n) is 10.1. The summed E-state index contributed by atoms with van der Waals surface area (Å²) in [4.78, 5) is 11.1. The minimum Gasteiger partial charge on any atom is -0.376 e. The van der Waals surface area contributed by atoms with Gasteiger partial charge in [-0.2, -0.15) is 0 Å². The predicted octanol–water partition coefficient (Wildman–Crippen LogP) is 1.88. The maximum atomic E-state index is 11.1. The van der Waals surface area contributed by atoms with Crippen LogP contribution in [0.15, 0.2) is 12.1 Å². The van der Waals surface area contributed by atoms with Crippen molar-refractivity contribution in [3.8, 4) is 0 Å². The largest absolute Gasteiger partial charge is 0.376 e. The summed E-state index contributed by atoms with van der Waals surface area (Å²) in [5.41, 5.74) is 5.35. The molecule has 2 aliphatic heterocycles. The zero-order valence-corrected chi connectivity index (χ0v) is 10.1. The SMILES string of the molecule is CCc1cc2c(c(C3CC(=O)N3)c1)COCC2. The van der Waals surface area contributed by atoms with Crippen LogP contribution in [0.4, 0.5) is 0 Å². The molecule has 2 heterocycles. The molecule has 1 aromatic rings. The average molecular weight is 231 g/mol. The summed E-state index contributed by atoms with van der Waals surface area (Å²) >= 11 is 0. The van der Waals surface area contributed by atoms with Gasteiger partial charge in [-0.1, -0.05) is 19.1 Å². The number of hydrogen-bond acceptors (Lipinski definition) is 2. The number of hydrogen-bond donors (Lipinski definition) is 1. The molecule has 1 aromatic carbocycles. The number of aryl methyl sites for hydroxylation is 1. The molecule has 17 heavy (non-hydrogen) atoms. The Morgan fingerprint density at radius 3 is 3.00 bits per heavy atom. The number of fused-ring (bicyclic) bond motifs is 1. The number of rotatable bonds is 2. The van der Waals surface area contributed by atoms with E-state index in [1.165, 1.54) is 22.3 Å². The van der Waals surface area contributed by atoms with Crippen LogP contribution in [-0.2, 0) is 29.0 Å². The van der Waals surface area contributed by atoms with Crippen LogP contribution in [-0.4, -0.2) is 12.5 Å². The Balaban J connectivity index is 2.02. The molecule has 3 rings (SSSR count). The Hall–Kier alpha value is -1.35. The average Bonchev–Trinajstić information content (AvgIpc) is 2.34. The van der Waals surface area contributed by atoms with E-state index in [1.54, 1.807) is 0 Å². The Bertz CT molecular complexity index is 460. The maximum Gasteiger partial charge on any atom is 0.222 e. The summed E-state index contributed by atoms with van der Waals surface area (Å²) in [5.74, 6) is 0.155. The summed E-state index contributed by atoms with van der Waals surface area (Å²) < 4.78 is 5.54. The molecule has 3 heteroatoms. The lowest BCUT2D eigenvalue weighted by molar-refractivity contribution is -0.128. The van der Waals surface area contributed by atoms with Crippen LogP contribution in [0.25, 0.3) is 0 Å². The first-order valence-electron chi connectivity index (χ1n) is 6.29. The topological polar surface area (TPSA) is 38.3 Å². The molecule has 0 saturated carbocycles. The van der Waals surface area contributed by atoms with Crippen molar-refractivity contribution in [1.82, 2.24) is 5.32 Å². The van der Waals surface area contributed by atoms with Gasteiger partial charge in [-0.3, -0.25) is 4.79 Å². The van der Waals surface area contributed by atoms with Gasteiger partial charge in [0.05, 0.1) is 25.7 Å². The molecule has 1 N–H and O–H groups in total. The number of carbonyl (C=O) groups is 1. The van der Waals surface area contributed by atoms with Crippen molar-refractivity contribution in [2.24, 2.45) is 0 Å². The third kappa shape index (κ3) is 1.84. The van der Waals surface area contributed by atoms with Crippen molar-refractivity contribution in [3.05, 3.63) is 34.4 Å². The maximum absolute atomic E-state index is 11.1. The van der Waals surface area contributed by atoms with Crippen molar-refractivity contribution in [2.75, 3.05) is 6.61 Å². The second-order valence-corrected chi connectivity index (χ2v) is 4.80. The van der Waals surface area contributed by atoms with Gasteiger partial charge in [0.1, 0.15) is 0 Å². The van der Waals surface area contributed by atoms with E-state index in [0.29, 0.717) is 13.0 Å². The quantitative estimate of drug-likeness (QED) is 0.789. The predicted molar refractivity (Wildman–Crippen MR) is 64.7 cm³/mol. The summed E-state index contributed by atoms with van der Waals surface area (Å²) in [5, 5.41) is 2.97. The van der Waals surface area contributed by atoms with Gasteiger partial charge in [0.15, 0.2) is 0 Å². The lowest BCUT2D eigenvalue weighted by atomic mass is 9.86. The molecule has 0 aliphatic carbocycles.